The molecule has 4 N–H and O–H groups in total. The normalized spacial score (nSPS) is 26.7. The third-order valence-corrected chi connectivity index (χ3v) is 4.42. The third-order valence-electron chi connectivity index (χ3n) is 3.50. The van der Waals surface area contributed by atoms with Crippen molar-refractivity contribution in [2.45, 2.75) is 24.9 Å². The van der Waals surface area contributed by atoms with Gasteiger partial charge in [-0.25, -0.2) is 15.0 Å². The van der Waals surface area contributed by atoms with Gasteiger partial charge in [-0.15, -0.1) is 0 Å². The van der Waals surface area contributed by atoms with Gasteiger partial charge in [0.25, 0.3) is 0 Å². The molecule has 3 rings (SSSR count). The summed E-state index contributed by atoms with van der Waals surface area (Å²) in [7, 11) is -6.37. The highest BCUT2D eigenvalue weighted by Crippen LogP contribution is 2.37. The summed E-state index contributed by atoms with van der Waals surface area (Å²) < 4.78 is 38.6. The summed E-state index contributed by atoms with van der Waals surface area (Å²) in [6.45, 7) is -0.256. The molecule has 12 nitrogen and oxygen atoms in total. The number of ether oxygens (including phenoxy) is 1. The van der Waals surface area contributed by atoms with Gasteiger partial charge in [0, 0.05) is 6.42 Å². The first-order chi connectivity index (χ1) is 11.5. The van der Waals surface area contributed by atoms with E-state index in [-0.39, 0.29) is 18.8 Å². The zero-order valence-corrected chi connectivity index (χ0v) is 14.1. The van der Waals surface area contributed by atoms with Crippen molar-refractivity contribution in [3.8, 4) is 0 Å². The number of nitrogens with two attached hydrogens (primary N) is 1. The van der Waals surface area contributed by atoms with Gasteiger partial charge in [0.1, 0.15) is 24.2 Å². The van der Waals surface area contributed by atoms with Crippen molar-refractivity contribution in [2.24, 2.45) is 0 Å². The van der Waals surface area contributed by atoms with Crippen LogP contribution in [0.25, 0.3) is 11.2 Å². The number of aromatic nitrogens is 4. The van der Waals surface area contributed by atoms with Gasteiger partial charge in [-0.2, -0.15) is 0 Å². The lowest BCUT2D eigenvalue weighted by molar-refractivity contribution is -0.0347. The van der Waals surface area contributed by atoms with E-state index in [0.29, 0.717) is 11.2 Å². The van der Waals surface area contributed by atoms with Crippen LogP contribution in [0.1, 0.15) is 12.6 Å². The van der Waals surface area contributed by atoms with Crippen molar-refractivity contribution in [2.75, 3.05) is 12.3 Å². The molecule has 1 aliphatic heterocycles. The van der Waals surface area contributed by atoms with Gasteiger partial charge < -0.3 is 29.3 Å². The predicted octanol–water partition coefficient (Wildman–Crippen LogP) is -0.138. The molecule has 14 heteroatoms. The minimum Gasteiger partial charge on any atom is -0.382 e. The van der Waals surface area contributed by atoms with Crippen LogP contribution in [0.5, 0.6) is 0 Å². The third kappa shape index (κ3) is 3.65. The number of nitrogens with zero attached hydrogens (tertiary/aromatic N) is 4. The Morgan fingerprint density at radius 3 is 2.83 bits per heavy atom. The summed E-state index contributed by atoms with van der Waals surface area (Å²) in [6, 6.07) is 0. The molecule has 132 valence electrons. The minimum atomic E-state index is -3.22. The highest BCUT2D eigenvalue weighted by molar-refractivity contribution is 7.32. The first-order valence-corrected chi connectivity index (χ1v) is 9.32. The van der Waals surface area contributed by atoms with Gasteiger partial charge in [0.15, 0.2) is 11.5 Å². The van der Waals surface area contributed by atoms with E-state index in [1.165, 1.54) is 12.7 Å². The molecule has 5 atom stereocenters. The molecule has 2 unspecified atom stereocenters. The van der Waals surface area contributed by atoms with E-state index in [1.54, 1.807) is 4.57 Å². The second-order valence-corrected chi connectivity index (χ2v) is 6.53. The molecule has 0 aliphatic carbocycles. The Morgan fingerprint density at radius 2 is 2.12 bits per heavy atom. The van der Waals surface area contributed by atoms with E-state index in [1.807, 2.05) is 0 Å². The van der Waals surface area contributed by atoms with E-state index >= 15 is 0 Å². The first kappa shape index (κ1) is 17.4. The lowest BCUT2D eigenvalue weighted by Crippen LogP contribution is -2.26. The number of imidazole rings is 1. The fourth-order valence-corrected chi connectivity index (χ4v) is 3.32. The highest BCUT2D eigenvalue weighted by atomic mass is 31.1. The van der Waals surface area contributed by atoms with Gasteiger partial charge >= 0.3 is 16.5 Å². The number of rotatable bonds is 6. The summed E-state index contributed by atoms with van der Waals surface area (Å²) in [6.07, 6.45) is 0.733. The average molecular weight is 379 g/mol. The fourth-order valence-electron chi connectivity index (χ4n) is 2.51. The maximum atomic E-state index is 11.0. The van der Waals surface area contributed by atoms with Crippen LogP contribution in [0, 0.1) is 0 Å². The first-order valence-electron chi connectivity index (χ1n) is 6.79. The van der Waals surface area contributed by atoms with Crippen LogP contribution in [0.3, 0.4) is 0 Å². The molecular formula is C10H15N5O7P2. The molecule has 0 saturated carbocycles. The van der Waals surface area contributed by atoms with Crippen molar-refractivity contribution in [1.29, 1.82) is 0 Å². The summed E-state index contributed by atoms with van der Waals surface area (Å²) in [5.41, 5.74) is 6.56. The molecule has 1 fully saturated rings. The van der Waals surface area contributed by atoms with Crippen molar-refractivity contribution in [1.82, 2.24) is 19.5 Å². The van der Waals surface area contributed by atoms with Gasteiger partial charge in [0.05, 0.1) is 19.0 Å². The van der Waals surface area contributed by atoms with Crippen LogP contribution >= 0.6 is 16.5 Å². The van der Waals surface area contributed by atoms with Gasteiger partial charge in [-0.3, -0.25) is 13.7 Å². The van der Waals surface area contributed by atoms with E-state index < -0.39 is 34.9 Å². The van der Waals surface area contributed by atoms with Crippen LogP contribution in [0.15, 0.2) is 12.7 Å². The molecule has 24 heavy (non-hydrogen) atoms. The van der Waals surface area contributed by atoms with Crippen molar-refractivity contribution in [3.05, 3.63) is 12.7 Å². The number of nitrogen functional groups attached to an aromatic ring is 1. The molecule has 0 spiro atoms. The number of fused-ring (bicyclic) bond motifs is 1. The SMILES string of the molecule is Nc1ncnc2c1ncn2[C@H]1C[C@H](O[PH](=O)O)[C@@H](CO[PH](=O)O)O1. The molecule has 3 heterocycles. The van der Waals surface area contributed by atoms with Gasteiger partial charge in [-0.1, -0.05) is 0 Å². The largest absolute Gasteiger partial charge is 0.382 e. The lowest BCUT2D eigenvalue weighted by Gasteiger charge is -2.16. The summed E-state index contributed by atoms with van der Waals surface area (Å²) in [5, 5.41) is 0. The van der Waals surface area contributed by atoms with Crippen molar-refractivity contribution >= 4 is 33.5 Å². The summed E-state index contributed by atoms with van der Waals surface area (Å²) >= 11 is 0. The fraction of sp³-hybridized carbons (Fsp3) is 0.500. The standard InChI is InChI=1S/C10H15N5O7P2/c11-9-8-10(13-3-12-9)15(4-14-8)7-1-5(22-24(18)19)6(21-7)2-20-23(16)17/h3-7,23-24H,1-2H2,(H,16,17)(H,18,19)(H2,11,12,13)/t5-,6+,7+/m0/s1. The molecule has 0 bridgehead atoms. The van der Waals surface area contributed by atoms with Crippen LogP contribution in [0.4, 0.5) is 5.82 Å². The zero-order valence-electron chi connectivity index (χ0n) is 12.1. The summed E-state index contributed by atoms with van der Waals surface area (Å²) in [5.74, 6) is 0.212. The number of anilines is 1. The van der Waals surface area contributed by atoms with Gasteiger partial charge in [-0.05, 0) is 0 Å². The Labute approximate surface area is 136 Å². The zero-order chi connectivity index (χ0) is 17.3. The lowest BCUT2D eigenvalue weighted by atomic mass is 10.2. The van der Waals surface area contributed by atoms with Crippen molar-refractivity contribution < 1.29 is 32.7 Å². The molecule has 2 aromatic rings. The molecular weight excluding hydrogens is 364 g/mol. The molecule has 2 aromatic heterocycles. The number of hydrogen-bond donors (Lipinski definition) is 3. The second-order valence-electron chi connectivity index (χ2n) is 4.95. The molecule has 0 aromatic carbocycles. The summed E-state index contributed by atoms with van der Waals surface area (Å²) in [4.78, 5) is 29.8. The van der Waals surface area contributed by atoms with Crippen LogP contribution < -0.4 is 5.73 Å². The Balaban J connectivity index is 1.84. The van der Waals surface area contributed by atoms with Crippen LogP contribution in [0.2, 0.25) is 0 Å². The Kier molecular flexibility index (Phi) is 5.26. The maximum absolute atomic E-state index is 11.0. The van der Waals surface area contributed by atoms with E-state index in [4.69, 9.17) is 24.8 Å². The molecule has 1 aliphatic rings. The van der Waals surface area contributed by atoms with E-state index in [0.717, 1.165) is 0 Å². The predicted molar refractivity (Wildman–Crippen MR) is 81.5 cm³/mol. The number of hydrogen-bond acceptors (Lipinski definition) is 9. The quantitative estimate of drug-likeness (QED) is 0.570. The highest BCUT2D eigenvalue weighted by Gasteiger charge is 2.39. The van der Waals surface area contributed by atoms with Crippen molar-refractivity contribution in [3.63, 3.8) is 0 Å². The average Bonchev–Trinajstić information content (AvgIpc) is 3.09. The minimum absolute atomic E-state index is 0.201. The van der Waals surface area contributed by atoms with E-state index in [9.17, 15) is 9.13 Å². The topological polar surface area (TPSA) is 172 Å². The monoisotopic (exact) mass is 379 g/mol. The van der Waals surface area contributed by atoms with Gasteiger partial charge in [0.2, 0.25) is 0 Å². The molecule has 0 amide bonds. The Hall–Kier alpha value is -1.39. The maximum Gasteiger partial charge on any atom is 0.316 e. The molecule has 0 radical (unpaired) electrons. The molecule has 1 saturated heterocycles. The van der Waals surface area contributed by atoms with Crippen LogP contribution in [-0.4, -0.2) is 48.1 Å². The second kappa shape index (κ2) is 7.24. The Morgan fingerprint density at radius 1 is 1.33 bits per heavy atom. The van der Waals surface area contributed by atoms with E-state index in [2.05, 4.69) is 19.5 Å². The Bertz CT molecular complexity index is 786. The van der Waals surface area contributed by atoms with Crippen LogP contribution in [-0.2, 0) is 22.9 Å². The smallest absolute Gasteiger partial charge is 0.316 e.